The minimum absolute atomic E-state index is 0.0190. The Kier molecular flexibility index (Phi) is 7.45. The molecule has 2 unspecified atom stereocenters. The molecule has 1 fully saturated rings. The fraction of sp³-hybridized carbons (Fsp3) is 0.407. The largest absolute Gasteiger partial charge is 0.480 e. The molecule has 38 heavy (non-hydrogen) atoms. The van der Waals surface area contributed by atoms with Crippen molar-refractivity contribution in [1.82, 2.24) is 34.7 Å². The number of aliphatic hydroxyl groups is 1. The Hall–Kier alpha value is -4.12. The second-order valence-electron chi connectivity index (χ2n) is 9.70. The average molecular weight is 518 g/mol. The van der Waals surface area contributed by atoms with Crippen LogP contribution in [0.15, 0.2) is 55.1 Å². The number of carbonyl (C=O) groups excluding carboxylic acids is 1. The normalized spacial score (nSPS) is 18.2. The topological polar surface area (TPSA) is 139 Å². The van der Waals surface area contributed by atoms with Gasteiger partial charge < -0.3 is 19.7 Å². The number of carbonyl (C=O) groups is 2. The molecule has 198 valence electrons. The number of likely N-dealkylation sites (tertiary alicyclic amines) is 1. The summed E-state index contributed by atoms with van der Waals surface area (Å²) in [4.78, 5) is 33.0. The van der Waals surface area contributed by atoms with E-state index in [1.807, 2.05) is 47.0 Å². The molecule has 1 amide bonds. The van der Waals surface area contributed by atoms with Crippen LogP contribution in [-0.2, 0) is 9.59 Å². The number of aromatic nitrogens is 6. The minimum atomic E-state index is -1.10. The van der Waals surface area contributed by atoms with E-state index in [0.717, 1.165) is 48.0 Å². The SMILES string of the molecule is CCCCCCC(C(=O)N1CC(O)C[C@H]1C(=O)O)n1cnc2cc(-c3ccccc3-n3ncnn3)ccc21. The van der Waals surface area contributed by atoms with Crippen LogP contribution < -0.4 is 0 Å². The molecule has 3 heterocycles. The first kappa shape index (κ1) is 25.5. The van der Waals surface area contributed by atoms with Crippen molar-refractivity contribution in [1.29, 1.82) is 0 Å². The van der Waals surface area contributed by atoms with Crippen LogP contribution in [0.2, 0.25) is 0 Å². The lowest BCUT2D eigenvalue weighted by atomic mass is 10.0. The van der Waals surface area contributed by atoms with E-state index in [1.165, 1.54) is 16.0 Å². The highest BCUT2D eigenvalue weighted by Gasteiger charge is 2.41. The molecule has 1 saturated heterocycles. The number of aliphatic carboxylic acids is 1. The van der Waals surface area contributed by atoms with E-state index in [1.54, 1.807) is 6.33 Å². The van der Waals surface area contributed by atoms with Gasteiger partial charge in [0.05, 0.1) is 29.2 Å². The Bertz CT molecular complexity index is 1420. The maximum Gasteiger partial charge on any atom is 0.326 e. The number of aliphatic hydroxyl groups excluding tert-OH is 1. The highest BCUT2D eigenvalue weighted by atomic mass is 16.4. The van der Waals surface area contributed by atoms with Crippen molar-refractivity contribution in [3.8, 4) is 16.8 Å². The second-order valence-corrected chi connectivity index (χ2v) is 9.70. The van der Waals surface area contributed by atoms with Gasteiger partial charge in [-0.3, -0.25) is 4.79 Å². The number of imidazole rings is 1. The number of carboxylic acid groups (broad SMARTS) is 1. The summed E-state index contributed by atoms with van der Waals surface area (Å²) >= 11 is 0. The number of para-hydroxylation sites is 1. The Labute approximate surface area is 219 Å². The molecule has 1 aliphatic heterocycles. The van der Waals surface area contributed by atoms with Gasteiger partial charge in [-0.05, 0) is 35.4 Å². The van der Waals surface area contributed by atoms with E-state index in [-0.39, 0.29) is 18.9 Å². The van der Waals surface area contributed by atoms with Crippen molar-refractivity contribution in [3.05, 3.63) is 55.1 Å². The molecule has 1 aliphatic rings. The molecule has 0 spiro atoms. The van der Waals surface area contributed by atoms with Crippen LogP contribution in [0, 0.1) is 0 Å². The van der Waals surface area contributed by atoms with Crippen LogP contribution in [0.1, 0.15) is 51.5 Å². The number of fused-ring (bicyclic) bond motifs is 1. The summed E-state index contributed by atoms with van der Waals surface area (Å²) in [6.45, 7) is 2.15. The van der Waals surface area contributed by atoms with Crippen LogP contribution in [0.3, 0.4) is 0 Å². The fourth-order valence-electron chi connectivity index (χ4n) is 5.25. The zero-order valence-electron chi connectivity index (χ0n) is 21.2. The van der Waals surface area contributed by atoms with Gasteiger partial charge in [0.1, 0.15) is 12.1 Å². The Balaban J connectivity index is 1.49. The third kappa shape index (κ3) is 5.01. The van der Waals surface area contributed by atoms with Crippen molar-refractivity contribution < 1.29 is 19.8 Å². The van der Waals surface area contributed by atoms with Crippen LogP contribution >= 0.6 is 0 Å². The van der Waals surface area contributed by atoms with Crippen molar-refractivity contribution >= 4 is 22.9 Å². The summed E-state index contributed by atoms with van der Waals surface area (Å²) in [5.74, 6) is -1.39. The first-order valence-corrected chi connectivity index (χ1v) is 13.0. The lowest BCUT2D eigenvalue weighted by Crippen LogP contribution is -2.44. The van der Waals surface area contributed by atoms with Gasteiger partial charge in [-0.1, -0.05) is 56.9 Å². The predicted octanol–water partition coefficient (Wildman–Crippen LogP) is 3.24. The Morgan fingerprint density at radius 3 is 2.74 bits per heavy atom. The molecular formula is C27H31N7O4. The molecule has 4 aromatic rings. The molecule has 0 saturated carbocycles. The maximum absolute atomic E-state index is 13.8. The van der Waals surface area contributed by atoms with Gasteiger partial charge in [-0.2, -0.15) is 0 Å². The molecule has 2 aromatic carbocycles. The summed E-state index contributed by atoms with van der Waals surface area (Å²) in [7, 11) is 0. The van der Waals surface area contributed by atoms with E-state index in [4.69, 9.17) is 0 Å². The number of tetrazole rings is 1. The van der Waals surface area contributed by atoms with Gasteiger partial charge in [0, 0.05) is 18.5 Å². The first-order chi connectivity index (χ1) is 18.5. The standard InChI is InChI=1S/C27H31N7O4/c1-2-3-4-5-10-24(26(36)32-15-19(35)14-25(32)27(37)38)33-17-28-21-13-18(11-12-23(21)33)20-8-6-7-9-22(20)34-30-16-29-31-34/h6-9,11-13,16-17,19,24-25,35H,2-5,10,14-15H2,1H3,(H,37,38)/t19?,24?,25-/m0/s1. The quantitative estimate of drug-likeness (QED) is 0.306. The predicted molar refractivity (Wildman–Crippen MR) is 139 cm³/mol. The number of benzene rings is 2. The molecule has 11 heteroatoms. The van der Waals surface area contributed by atoms with Crippen molar-refractivity contribution in [3.63, 3.8) is 0 Å². The van der Waals surface area contributed by atoms with E-state index in [0.29, 0.717) is 11.9 Å². The summed E-state index contributed by atoms with van der Waals surface area (Å²) in [5.41, 5.74) is 4.09. The molecule has 0 bridgehead atoms. The van der Waals surface area contributed by atoms with Crippen LogP contribution in [0.4, 0.5) is 0 Å². The van der Waals surface area contributed by atoms with Gasteiger partial charge in [0.15, 0.2) is 6.33 Å². The smallest absolute Gasteiger partial charge is 0.326 e. The molecule has 2 N–H and O–H groups in total. The van der Waals surface area contributed by atoms with Gasteiger partial charge >= 0.3 is 5.97 Å². The van der Waals surface area contributed by atoms with Crippen molar-refractivity contribution in [2.24, 2.45) is 0 Å². The second kappa shape index (κ2) is 11.1. The van der Waals surface area contributed by atoms with E-state index >= 15 is 0 Å². The number of β-amino-alcohol motifs (C(OH)–C–C–N with tert-alkyl or cyclic N) is 1. The zero-order valence-corrected chi connectivity index (χ0v) is 21.2. The summed E-state index contributed by atoms with van der Waals surface area (Å²) in [6.07, 6.45) is 6.74. The van der Waals surface area contributed by atoms with Crippen LogP contribution in [0.25, 0.3) is 27.8 Å². The maximum atomic E-state index is 13.8. The van der Waals surface area contributed by atoms with Gasteiger partial charge in [0.25, 0.3) is 0 Å². The first-order valence-electron chi connectivity index (χ1n) is 13.0. The number of hydrogen-bond donors (Lipinski definition) is 2. The summed E-state index contributed by atoms with van der Waals surface area (Å²) in [6, 6.07) is 11.9. The van der Waals surface area contributed by atoms with Gasteiger partial charge in [0.2, 0.25) is 5.91 Å². The Morgan fingerprint density at radius 1 is 1.13 bits per heavy atom. The molecular weight excluding hydrogens is 486 g/mol. The van der Waals surface area contributed by atoms with Gasteiger partial charge in [-0.25, -0.2) is 9.78 Å². The molecule has 5 rings (SSSR count). The molecule has 0 aliphatic carbocycles. The van der Waals surface area contributed by atoms with E-state index in [9.17, 15) is 19.8 Å². The number of hydrogen-bond acceptors (Lipinski definition) is 7. The highest BCUT2D eigenvalue weighted by Crippen LogP contribution is 2.32. The van der Waals surface area contributed by atoms with E-state index < -0.39 is 24.2 Å². The van der Waals surface area contributed by atoms with Crippen molar-refractivity contribution in [2.45, 2.75) is 63.6 Å². The third-order valence-corrected chi connectivity index (χ3v) is 7.15. The molecule has 2 aromatic heterocycles. The third-order valence-electron chi connectivity index (χ3n) is 7.15. The van der Waals surface area contributed by atoms with Gasteiger partial charge in [-0.15, -0.1) is 15.0 Å². The summed E-state index contributed by atoms with van der Waals surface area (Å²) < 4.78 is 1.85. The fourth-order valence-corrected chi connectivity index (χ4v) is 5.25. The number of nitrogens with zero attached hydrogens (tertiary/aromatic N) is 7. The monoisotopic (exact) mass is 517 g/mol. The van der Waals surface area contributed by atoms with E-state index in [2.05, 4.69) is 27.3 Å². The van der Waals surface area contributed by atoms with Crippen molar-refractivity contribution in [2.75, 3.05) is 6.54 Å². The molecule has 0 radical (unpaired) electrons. The number of rotatable bonds is 10. The van der Waals surface area contributed by atoms with Crippen LogP contribution in [-0.4, -0.2) is 75.4 Å². The average Bonchev–Trinajstić information content (AvgIpc) is 3.68. The highest BCUT2D eigenvalue weighted by molar-refractivity contribution is 5.89. The minimum Gasteiger partial charge on any atom is -0.480 e. The number of unbranched alkanes of at least 4 members (excludes halogenated alkanes) is 3. The van der Waals surface area contributed by atoms with Crippen LogP contribution in [0.5, 0.6) is 0 Å². The Morgan fingerprint density at radius 2 is 1.97 bits per heavy atom. The zero-order chi connectivity index (χ0) is 26.6. The lowest BCUT2D eigenvalue weighted by molar-refractivity contribution is -0.149. The number of carboxylic acids is 1. The lowest BCUT2D eigenvalue weighted by Gasteiger charge is -2.28. The molecule has 3 atom stereocenters. The summed E-state index contributed by atoms with van der Waals surface area (Å²) in [5, 5.41) is 31.8. The number of amides is 1. The molecule has 11 nitrogen and oxygen atoms in total.